The molecule has 0 radical (unpaired) electrons. The molecule has 0 saturated carbocycles. The molecule has 0 aliphatic carbocycles. The third-order valence-corrected chi connectivity index (χ3v) is 3.85. The molecule has 4 N–H and O–H groups in total. The third-order valence-electron chi connectivity index (χ3n) is 2.62. The lowest BCUT2D eigenvalue weighted by molar-refractivity contribution is -0.123. The Labute approximate surface area is 124 Å². The maximum absolute atomic E-state index is 11.8. The van der Waals surface area contributed by atoms with Gasteiger partial charge in [-0.2, -0.15) is 0 Å². The molecule has 2 amide bonds. The molecular formula is C13H19N3O4S. The Bertz CT molecular complexity index is 609. The Kier molecular flexibility index (Phi) is 5.71. The topological polar surface area (TPSA) is 118 Å². The maximum atomic E-state index is 11.8. The van der Waals surface area contributed by atoms with Crippen molar-refractivity contribution in [3.63, 3.8) is 0 Å². The molecule has 0 aliphatic rings. The number of nitrogen functional groups attached to an aromatic ring is 1. The van der Waals surface area contributed by atoms with Crippen LogP contribution in [0.3, 0.4) is 0 Å². The number of carbonyl (C=O) groups is 2. The van der Waals surface area contributed by atoms with Crippen LogP contribution in [0.2, 0.25) is 0 Å². The fraction of sp³-hybridized carbons (Fsp3) is 0.385. The van der Waals surface area contributed by atoms with Crippen molar-refractivity contribution in [3.05, 3.63) is 29.8 Å². The van der Waals surface area contributed by atoms with Crippen LogP contribution in [-0.4, -0.2) is 32.5 Å². The highest BCUT2D eigenvalue weighted by Crippen LogP contribution is 2.05. The quantitative estimate of drug-likeness (QED) is 0.644. The zero-order chi connectivity index (χ0) is 16.0. The normalized spacial score (nSPS) is 11.2. The van der Waals surface area contributed by atoms with Crippen LogP contribution in [0.25, 0.3) is 0 Å². The smallest absolute Gasteiger partial charge is 0.264 e. The summed E-state index contributed by atoms with van der Waals surface area (Å²) in [4.78, 5) is 23.1. The highest BCUT2D eigenvalue weighted by atomic mass is 32.2. The average Bonchev–Trinajstić information content (AvgIpc) is 2.38. The molecule has 1 aromatic carbocycles. The summed E-state index contributed by atoms with van der Waals surface area (Å²) in [7, 11) is -3.81. The van der Waals surface area contributed by atoms with E-state index in [4.69, 9.17) is 5.73 Å². The monoisotopic (exact) mass is 313 g/mol. The van der Waals surface area contributed by atoms with Gasteiger partial charge in [-0.05, 0) is 24.3 Å². The Morgan fingerprint density at radius 2 is 1.76 bits per heavy atom. The Balaban J connectivity index is 2.54. The fourth-order valence-electron chi connectivity index (χ4n) is 1.40. The van der Waals surface area contributed by atoms with Gasteiger partial charge in [0.2, 0.25) is 15.9 Å². The molecule has 8 heteroatoms. The van der Waals surface area contributed by atoms with E-state index in [9.17, 15) is 18.0 Å². The second-order valence-corrected chi connectivity index (χ2v) is 6.66. The van der Waals surface area contributed by atoms with Gasteiger partial charge in [0.05, 0.1) is 5.75 Å². The van der Waals surface area contributed by atoms with Crippen LogP contribution < -0.4 is 15.8 Å². The average molecular weight is 313 g/mol. The molecule has 1 rings (SSSR count). The van der Waals surface area contributed by atoms with Gasteiger partial charge in [0.15, 0.2) is 0 Å². The number of hydrogen-bond acceptors (Lipinski definition) is 5. The van der Waals surface area contributed by atoms with E-state index in [1.807, 2.05) is 4.72 Å². The predicted molar refractivity (Wildman–Crippen MR) is 80.0 cm³/mol. The molecule has 1 aromatic rings. The van der Waals surface area contributed by atoms with Crippen molar-refractivity contribution >= 4 is 27.5 Å². The van der Waals surface area contributed by atoms with E-state index in [1.165, 1.54) is 24.3 Å². The zero-order valence-corrected chi connectivity index (χ0v) is 12.7. The van der Waals surface area contributed by atoms with Crippen LogP contribution in [0.4, 0.5) is 5.69 Å². The van der Waals surface area contributed by atoms with Gasteiger partial charge in [-0.1, -0.05) is 13.8 Å². The van der Waals surface area contributed by atoms with E-state index in [0.717, 1.165) is 0 Å². The first-order valence-electron chi connectivity index (χ1n) is 6.39. The van der Waals surface area contributed by atoms with E-state index >= 15 is 0 Å². The molecule has 0 aliphatic heterocycles. The van der Waals surface area contributed by atoms with Crippen molar-refractivity contribution < 1.29 is 18.0 Å². The lowest BCUT2D eigenvalue weighted by Crippen LogP contribution is -2.38. The highest BCUT2D eigenvalue weighted by molar-refractivity contribution is 7.90. The molecule has 21 heavy (non-hydrogen) atoms. The van der Waals surface area contributed by atoms with Gasteiger partial charge in [-0.25, -0.2) is 13.1 Å². The zero-order valence-electron chi connectivity index (χ0n) is 11.9. The predicted octanol–water partition coefficient (Wildman–Crippen LogP) is 0.101. The Morgan fingerprint density at radius 3 is 2.29 bits per heavy atom. The van der Waals surface area contributed by atoms with Crippen molar-refractivity contribution in [1.29, 1.82) is 0 Å². The van der Waals surface area contributed by atoms with Crippen LogP contribution in [0, 0.1) is 5.92 Å². The summed E-state index contributed by atoms with van der Waals surface area (Å²) in [5, 5.41) is 2.47. The molecule has 0 fully saturated rings. The van der Waals surface area contributed by atoms with E-state index in [1.54, 1.807) is 13.8 Å². The van der Waals surface area contributed by atoms with E-state index in [-0.39, 0.29) is 29.7 Å². The van der Waals surface area contributed by atoms with Gasteiger partial charge in [-0.15, -0.1) is 0 Å². The molecule has 0 saturated heterocycles. The molecule has 7 nitrogen and oxygen atoms in total. The first-order valence-corrected chi connectivity index (χ1v) is 8.04. The number of nitrogens with one attached hydrogen (secondary N) is 2. The summed E-state index contributed by atoms with van der Waals surface area (Å²) >= 11 is 0. The minimum absolute atomic E-state index is 0.0542. The Hall–Kier alpha value is -2.09. The van der Waals surface area contributed by atoms with Crippen LogP contribution in [0.5, 0.6) is 0 Å². The lowest BCUT2D eigenvalue weighted by atomic mass is 10.2. The molecular weight excluding hydrogens is 294 g/mol. The number of rotatable bonds is 6. The van der Waals surface area contributed by atoms with Gasteiger partial charge in [0.1, 0.15) is 0 Å². The summed E-state index contributed by atoms with van der Waals surface area (Å²) in [5.74, 6) is -1.57. The van der Waals surface area contributed by atoms with Gasteiger partial charge < -0.3 is 11.1 Å². The van der Waals surface area contributed by atoms with E-state index in [0.29, 0.717) is 5.69 Å². The van der Waals surface area contributed by atoms with E-state index in [2.05, 4.69) is 5.32 Å². The maximum Gasteiger partial charge on any atom is 0.264 e. The molecule has 0 heterocycles. The van der Waals surface area contributed by atoms with Gasteiger partial charge in [0.25, 0.3) is 5.91 Å². The summed E-state index contributed by atoms with van der Waals surface area (Å²) in [6.07, 6.45) is 0. The summed E-state index contributed by atoms with van der Waals surface area (Å²) in [6, 6.07) is 5.87. The second kappa shape index (κ2) is 7.07. The van der Waals surface area contributed by atoms with Crippen molar-refractivity contribution in [3.8, 4) is 0 Å². The minimum atomic E-state index is -3.81. The number of hydrogen-bond donors (Lipinski definition) is 3. The van der Waals surface area contributed by atoms with Crippen LogP contribution in [0.1, 0.15) is 24.2 Å². The van der Waals surface area contributed by atoms with E-state index < -0.39 is 15.9 Å². The van der Waals surface area contributed by atoms with Gasteiger partial charge in [-0.3, -0.25) is 9.59 Å². The molecule has 0 bridgehead atoms. The summed E-state index contributed by atoms with van der Waals surface area (Å²) in [5.41, 5.74) is 6.15. The number of anilines is 1. The number of benzene rings is 1. The fourth-order valence-corrected chi connectivity index (χ4v) is 2.27. The summed E-state index contributed by atoms with van der Waals surface area (Å²) < 4.78 is 25.4. The Morgan fingerprint density at radius 1 is 1.19 bits per heavy atom. The number of amides is 2. The van der Waals surface area contributed by atoms with Crippen molar-refractivity contribution in [2.75, 3.05) is 18.0 Å². The first kappa shape index (κ1) is 17.0. The summed E-state index contributed by atoms with van der Waals surface area (Å²) in [6.45, 7) is 3.35. The molecule has 0 spiro atoms. The molecule has 116 valence electrons. The van der Waals surface area contributed by atoms with Crippen molar-refractivity contribution in [1.82, 2.24) is 10.0 Å². The largest absolute Gasteiger partial charge is 0.399 e. The lowest BCUT2D eigenvalue weighted by Gasteiger charge is -2.09. The standard InChI is InChI=1S/C13H19N3O4S/c1-9(2)12(17)15-7-8-21(19,20)16-13(18)10-3-5-11(14)6-4-10/h3-6,9H,7-8,14H2,1-2H3,(H,15,17)(H,16,18). The van der Waals surface area contributed by atoms with Gasteiger partial charge >= 0.3 is 0 Å². The minimum Gasteiger partial charge on any atom is -0.399 e. The van der Waals surface area contributed by atoms with Crippen LogP contribution >= 0.6 is 0 Å². The number of nitrogens with two attached hydrogens (primary N) is 1. The van der Waals surface area contributed by atoms with Gasteiger partial charge in [0, 0.05) is 23.7 Å². The first-order chi connectivity index (χ1) is 9.71. The molecule has 0 aromatic heterocycles. The second-order valence-electron chi connectivity index (χ2n) is 4.82. The third kappa shape index (κ3) is 5.82. The number of sulfonamides is 1. The van der Waals surface area contributed by atoms with Crippen LogP contribution in [0.15, 0.2) is 24.3 Å². The van der Waals surface area contributed by atoms with Crippen LogP contribution in [-0.2, 0) is 14.8 Å². The highest BCUT2D eigenvalue weighted by Gasteiger charge is 2.16. The van der Waals surface area contributed by atoms with Crippen molar-refractivity contribution in [2.45, 2.75) is 13.8 Å². The number of carbonyl (C=O) groups excluding carboxylic acids is 2. The SMILES string of the molecule is CC(C)C(=O)NCCS(=O)(=O)NC(=O)c1ccc(N)cc1. The molecule has 0 unspecified atom stereocenters. The van der Waals surface area contributed by atoms with Crippen molar-refractivity contribution in [2.24, 2.45) is 5.92 Å². The molecule has 0 atom stereocenters.